The zero-order chi connectivity index (χ0) is 14.1. The molecule has 0 amide bonds. The number of nitrogens with one attached hydrogen (secondary N) is 1. The summed E-state index contributed by atoms with van der Waals surface area (Å²) in [6, 6.07) is 0. The van der Waals surface area contributed by atoms with Crippen LogP contribution in [0.5, 0.6) is 0 Å². The maximum atomic E-state index is 12.1. The lowest BCUT2D eigenvalue weighted by molar-refractivity contribution is 0.414. The Morgan fingerprint density at radius 3 is 2.79 bits per heavy atom. The summed E-state index contributed by atoms with van der Waals surface area (Å²) in [6.45, 7) is 6.71. The lowest BCUT2D eigenvalue weighted by atomic mass is 10.1. The number of hydrogen-bond acceptors (Lipinski definition) is 5. The molecule has 0 bridgehead atoms. The third-order valence-electron chi connectivity index (χ3n) is 3.33. The molecule has 1 unspecified atom stereocenters. The summed E-state index contributed by atoms with van der Waals surface area (Å²) in [4.78, 5) is 4.17. The van der Waals surface area contributed by atoms with E-state index < -0.39 is 15.1 Å². The zero-order valence-electron chi connectivity index (χ0n) is 11.8. The molecular formula is C13H22N2O3S. The van der Waals surface area contributed by atoms with E-state index in [-0.39, 0.29) is 11.3 Å². The normalized spacial score (nSPS) is 23.4. The molecule has 1 aliphatic heterocycles. The standard InChI is InChI=1S/C13H22N2O3S/c1-13(2,3)15-8-10-12(18-9-14-10)11-6-4-5-7-19(11,16)17/h9,11,15H,4-8H2,1-3H3. The van der Waals surface area contributed by atoms with E-state index in [1.807, 2.05) is 0 Å². The number of aromatic nitrogens is 1. The Hall–Kier alpha value is -0.880. The molecule has 0 aromatic carbocycles. The zero-order valence-corrected chi connectivity index (χ0v) is 12.6. The molecule has 5 nitrogen and oxygen atoms in total. The summed E-state index contributed by atoms with van der Waals surface area (Å²) in [6.07, 6.45) is 3.67. The van der Waals surface area contributed by atoms with E-state index in [9.17, 15) is 8.42 Å². The molecule has 1 fully saturated rings. The Balaban J connectivity index is 2.19. The van der Waals surface area contributed by atoms with E-state index in [4.69, 9.17) is 4.42 Å². The van der Waals surface area contributed by atoms with Crippen LogP contribution in [-0.2, 0) is 16.4 Å². The van der Waals surface area contributed by atoms with Crippen molar-refractivity contribution in [3.05, 3.63) is 17.8 Å². The van der Waals surface area contributed by atoms with Gasteiger partial charge in [-0.05, 0) is 33.6 Å². The highest BCUT2D eigenvalue weighted by Crippen LogP contribution is 2.34. The molecule has 1 N–H and O–H groups in total. The van der Waals surface area contributed by atoms with Gasteiger partial charge in [-0.2, -0.15) is 0 Å². The van der Waals surface area contributed by atoms with Gasteiger partial charge in [0.15, 0.2) is 16.2 Å². The van der Waals surface area contributed by atoms with Crippen molar-refractivity contribution in [3.8, 4) is 0 Å². The van der Waals surface area contributed by atoms with Gasteiger partial charge >= 0.3 is 0 Å². The molecule has 0 saturated carbocycles. The predicted octanol–water partition coefficient (Wildman–Crippen LogP) is 2.20. The molecular weight excluding hydrogens is 264 g/mol. The van der Waals surface area contributed by atoms with Crippen LogP contribution in [0.3, 0.4) is 0 Å². The van der Waals surface area contributed by atoms with Crippen LogP contribution in [0.2, 0.25) is 0 Å². The van der Waals surface area contributed by atoms with Crippen LogP contribution in [0.4, 0.5) is 0 Å². The summed E-state index contributed by atoms with van der Waals surface area (Å²) < 4.78 is 29.6. The molecule has 2 heterocycles. The quantitative estimate of drug-likeness (QED) is 0.922. The van der Waals surface area contributed by atoms with Crippen LogP contribution < -0.4 is 5.32 Å². The minimum absolute atomic E-state index is 0.0400. The second kappa shape index (κ2) is 5.25. The fourth-order valence-corrected chi connectivity index (χ4v) is 4.21. The van der Waals surface area contributed by atoms with Crippen LogP contribution in [0.15, 0.2) is 10.8 Å². The van der Waals surface area contributed by atoms with Crippen molar-refractivity contribution in [2.24, 2.45) is 0 Å². The Morgan fingerprint density at radius 1 is 1.42 bits per heavy atom. The number of hydrogen-bond donors (Lipinski definition) is 1. The molecule has 1 aromatic heterocycles. The molecule has 2 rings (SSSR count). The van der Waals surface area contributed by atoms with Crippen molar-refractivity contribution in [1.82, 2.24) is 10.3 Å². The second-order valence-corrected chi connectivity index (χ2v) is 8.42. The lowest BCUT2D eigenvalue weighted by Gasteiger charge is -2.23. The fourth-order valence-electron chi connectivity index (χ4n) is 2.27. The minimum atomic E-state index is -3.08. The third-order valence-corrected chi connectivity index (χ3v) is 5.50. The molecule has 108 valence electrons. The number of rotatable bonds is 3. The van der Waals surface area contributed by atoms with Crippen molar-refractivity contribution in [2.75, 3.05) is 5.75 Å². The number of nitrogens with zero attached hydrogens (tertiary/aromatic N) is 1. The predicted molar refractivity (Wildman–Crippen MR) is 73.5 cm³/mol. The average Bonchev–Trinajstić information content (AvgIpc) is 2.72. The molecule has 0 spiro atoms. The Bertz CT molecular complexity index is 528. The first-order valence-electron chi connectivity index (χ1n) is 6.68. The summed E-state index contributed by atoms with van der Waals surface area (Å²) in [5.41, 5.74) is 0.673. The first-order valence-corrected chi connectivity index (χ1v) is 8.40. The second-order valence-electron chi connectivity index (χ2n) is 6.12. The Kier molecular flexibility index (Phi) is 4.01. The van der Waals surface area contributed by atoms with E-state index in [1.165, 1.54) is 6.39 Å². The molecule has 1 atom stereocenters. The highest BCUT2D eigenvalue weighted by molar-refractivity contribution is 7.91. The van der Waals surface area contributed by atoms with Crippen molar-refractivity contribution in [2.45, 2.75) is 57.4 Å². The van der Waals surface area contributed by atoms with Gasteiger partial charge in [0.05, 0.1) is 11.4 Å². The topological polar surface area (TPSA) is 72.2 Å². The van der Waals surface area contributed by atoms with Crippen LogP contribution in [0.25, 0.3) is 0 Å². The molecule has 6 heteroatoms. The van der Waals surface area contributed by atoms with Gasteiger partial charge in [0.25, 0.3) is 0 Å². The molecule has 1 aliphatic rings. The van der Waals surface area contributed by atoms with Crippen molar-refractivity contribution in [3.63, 3.8) is 0 Å². The SMILES string of the molecule is CC(C)(C)NCc1ncoc1C1CCCCS1(=O)=O. The summed E-state index contributed by atoms with van der Waals surface area (Å²) in [7, 11) is -3.08. The number of sulfone groups is 1. The summed E-state index contributed by atoms with van der Waals surface area (Å²) in [5.74, 6) is 0.779. The van der Waals surface area contributed by atoms with Crippen molar-refractivity contribution in [1.29, 1.82) is 0 Å². The van der Waals surface area contributed by atoms with Gasteiger partial charge < -0.3 is 9.73 Å². The minimum Gasteiger partial charge on any atom is -0.447 e. The van der Waals surface area contributed by atoms with E-state index >= 15 is 0 Å². The monoisotopic (exact) mass is 286 g/mol. The largest absolute Gasteiger partial charge is 0.447 e. The van der Waals surface area contributed by atoms with E-state index in [1.54, 1.807) is 0 Å². The van der Waals surface area contributed by atoms with Crippen LogP contribution in [0.1, 0.15) is 56.7 Å². The van der Waals surface area contributed by atoms with Crippen LogP contribution in [0, 0.1) is 0 Å². The average molecular weight is 286 g/mol. The van der Waals surface area contributed by atoms with Crippen LogP contribution >= 0.6 is 0 Å². The smallest absolute Gasteiger partial charge is 0.181 e. The Labute approximate surface area is 114 Å². The first-order chi connectivity index (χ1) is 8.80. The van der Waals surface area contributed by atoms with Gasteiger partial charge in [0.1, 0.15) is 11.0 Å². The molecule has 0 aliphatic carbocycles. The van der Waals surface area contributed by atoms with E-state index in [2.05, 4.69) is 31.1 Å². The Morgan fingerprint density at radius 2 is 2.16 bits per heavy atom. The molecule has 1 aromatic rings. The van der Waals surface area contributed by atoms with E-state index in [0.717, 1.165) is 12.8 Å². The van der Waals surface area contributed by atoms with E-state index in [0.29, 0.717) is 24.4 Å². The highest BCUT2D eigenvalue weighted by Gasteiger charge is 2.34. The van der Waals surface area contributed by atoms with Crippen molar-refractivity contribution >= 4 is 9.84 Å². The molecule has 1 saturated heterocycles. The number of oxazole rings is 1. The highest BCUT2D eigenvalue weighted by atomic mass is 32.2. The maximum absolute atomic E-state index is 12.1. The van der Waals surface area contributed by atoms with Crippen molar-refractivity contribution < 1.29 is 12.8 Å². The summed E-state index contributed by atoms with van der Waals surface area (Å²) in [5, 5.41) is 2.80. The first kappa shape index (κ1) is 14.5. The maximum Gasteiger partial charge on any atom is 0.181 e. The lowest BCUT2D eigenvalue weighted by Crippen LogP contribution is -2.35. The van der Waals surface area contributed by atoms with Gasteiger partial charge in [-0.25, -0.2) is 13.4 Å². The van der Waals surface area contributed by atoms with Gasteiger partial charge in [-0.15, -0.1) is 0 Å². The third kappa shape index (κ3) is 3.57. The van der Waals surface area contributed by atoms with Gasteiger partial charge in [-0.3, -0.25) is 0 Å². The molecule has 19 heavy (non-hydrogen) atoms. The molecule has 0 radical (unpaired) electrons. The van der Waals surface area contributed by atoms with Gasteiger partial charge in [0.2, 0.25) is 0 Å². The van der Waals surface area contributed by atoms with Crippen LogP contribution in [-0.4, -0.2) is 24.7 Å². The summed E-state index contributed by atoms with van der Waals surface area (Å²) >= 11 is 0. The van der Waals surface area contributed by atoms with Gasteiger partial charge in [-0.1, -0.05) is 6.42 Å². The fraction of sp³-hybridized carbons (Fsp3) is 0.769. The van der Waals surface area contributed by atoms with Gasteiger partial charge in [0, 0.05) is 12.1 Å².